The van der Waals surface area contributed by atoms with Gasteiger partial charge in [0.1, 0.15) is 5.75 Å². The molecule has 0 aromatic heterocycles. The maximum absolute atomic E-state index is 12.5. The summed E-state index contributed by atoms with van der Waals surface area (Å²) in [4.78, 5) is 24.9. The predicted molar refractivity (Wildman–Crippen MR) is 98.6 cm³/mol. The van der Waals surface area contributed by atoms with Crippen LogP contribution in [0.2, 0.25) is 0 Å². The third-order valence-corrected chi connectivity index (χ3v) is 4.99. The molecule has 0 heterocycles. The quantitative estimate of drug-likeness (QED) is 0.793. The van der Waals surface area contributed by atoms with Gasteiger partial charge < -0.3 is 20.7 Å². The van der Waals surface area contributed by atoms with Crippen LogP contribution in [0.4, 0.5) is 10.5 Å². The molecule has 6 nitrogen and oxygen atoms in total. The van der Waals surface area contributed by atoms with Crippen molar-refractivity contribution in [1.82, 2.24) is 4.90 Å². The maximum atomic E-state index is 12.5. The number of urea groups is 1. The Morgan fingerprint density at radius 1 is 1.24 bits per heavy atom. The molecule has 25 heavy (non-hydrogen) atoms. The zero-order valence-corrected chi connectivity index (χ0v) is 15.2. The number of nitrogens with zero attached hydrogens (tertiary/aromatic N) is 1. The van der Waals surface area contributed by atoms with Crippen LogP contribution in [0.15, 0.2) is 24.3 Å². The van der Waals surface area contributed by atoms with Gasteiger partial charge in [0.2, 0.25) is 5.91 Å². The molecule has 1 aliphatic carbocycles. The molecule has 3 N–H and O–H groups in total. The van der Waals surface area contributed by atoms with E-state index in [4.69, 9.17) is 10.5 Å². The van der Waals surface area contributed by atoms with Gasteiger partial charge in [-0.2, -0.15) is 0 Å². The molecule has 1 aliphatic rings. The highest BCUT2D eigenvalue weighted by molar-refractivity contribution is 5.89. The number of benzene rings is 1. The summed E-state index contributed by atoms with van der Waals surface area (Å²) in [6.45, 7) is 2.38. The Morgan fingerprint density at radius 2 is 1.88 bits per heavy atom. The lowest BCUT2D eigenvalue weighted by molar-refractivity contribution is -0.118. The average Bonchev–Trinajstić information content (AvgIpc) is 2.62. The monoisotopic (exact) mass is 347 g/mol. The van der Waals surface area contributed by atoms with E-state index in [1.807, 2.05) is 7.05 Å². The molecule has 0 spiro atoms. The fourth-order valence-corrected chi connectivity index (χ4v) is 3.23. The number of rotatable bonds is 7. The van der Waals surface area contributed by atoms with Crippen molar-refractivity contribution in [2.45, 2.75) is 51.5 Å². The molecule has 3 amide bonds. The first-order chi connectivity index (χ1) is 12.0. The number of carbonyl (C=O) groups is 2. The van der Waals surface area contributed by atoms with Crippen molar-refractivity contribution in [3.8, 4) is 5.75 Å². The number of nitrogens with one attached hydrogen (secondary N) is 1. The van der Waals surface area contributed by atoms with Crippen molar-refractivity contribution in [2.75, 3.05) is 19.0 Å². The zero-order valence-electron chi connectivity index (χ0n) is 15.2. The fraction of sp³-hybridized carbons (Fsp3) is 0.579. The first kappa shape index (κ1) is 19.1. The topological polar surface area (TPSA) is 84.7 Å². The predicted octanol–water partition coefficient (Wildman–Crippen LogP) is 3.37. The molecule has 0 bridgehead atoms. The second-order valence-corrected chi connectivity index (χ2v) is 6.77. The summed E-state index contributed by atoms with van der Waals surface area (Å²) in [6, 6.07) is 7.24. The lowest BCUT2D eigenvalue weighted by Crippen LogP contribution is -2.42. The zero-order chi connectivity index (χ0) is 18.2. The standard InChI is InChI=1S/C19H29N3O3/c1-14(15-6-4-3-5-7-15)22(2)19(24)21-16-8-10-17(11-9-16)25-13-12-18(20)23/h8-11,14-15H,3-7,12-13H2,1-2H3,(H2,20,23)(H,21,24)/t14-/m1/s1. The summed E-state index contributed by atoms with van der Waals surface area (Å²) < 4.78 is 5.42. The molecule has 0 radical (unpaired) electrons. The van der Waals surface area contributed by atoms with Gasteiger partial charge in [-0.3, -0.25) is 4.79 Å². The highest BCUT2D eigenvalue weighted by Gasteiger charge is 2.25. The summed E-state index contributed by atoms with van der Waals surface area (Å²) in [7, 11) is 1.86. The minimum absolute atomic E-state index is 0.0968. The highest BCUT2D eigenvalue weighted by atomic mass is 16.5. The number of nitrogens with two attached hydrogens (primary N) is 1. The molecule has 1 atom stereocenters. The van der Waals surface area contributed by atoms with E-state index in [0.29, 0.717) is 11.7 Å². The Hall–Kier alpha value is -2.24. The van der Waals surface area contributed by atoms with Gasteiger partial charge in [-0.05, 0) is 49.9 Å². The Labute approximate surface area is 149 Å². The van der Waals surface area contributed by atoms with E-state index >= 15 is 0 Å². The molecule has 6 heteroatoms. The van der Waals surface area contributed by atoms with Gasteiger partial charge in [0, 0.05) is 18.8 Å². The molecule has 1 aromatic rings. The Balaban J connectivity index is 1.83. The third kappa shape index (κ3) is 5.96. The van der Waals surface area contributed by atoms with Crippen molar-refractivity contribution in [1.29, 1.82) is 0 Å². The van der Waals surface area contributed by atoms with Gasteiger partial charge in [0.15, 0.2) is 0 Å². The average molecular weight is 347 g/mol. The van der Waals surface area contributed by atoms with Crippen LogP contribution < -0.4 is 15.8 Å². The molecular formula is C19H29N3O3. The van der Waals surface area contributed by atoms with E-state index in [1.165, 1.54) is 32.1 Å². The Morgan fingerprint density at radius 3 is 2.48 bits per heavy atom. The number of amides is 3. The molecule has 1 fully saturated rings. The normalized spacial score (nSPS) is 16.1. The van der Waals surface area contributed by atoms with Gasteiger partial charge in [-0.15, -0.1) is 0 Å². The largest absolute Gasteiger partial charge is 0.493 e. The summed E-state index contributed by atoms with van der Waals surface area (Å²) in [5, 5.41) is 2.92. The fourth-order valence-electron chi connectivity index (χ4n) is 3.23. The van der Waals surface area contributed by atoms with Crippen LogP contribution in [0, 0.1) is 5.92 Å². The number of carbonyl (C=O) groups excluding carboxylic acids is 2. The number of primary amides is 1. The summed E-state index contributed by atoms with van der Waals surface area (Å²) in [5.41, 5.74) is 5.79. The van der Waals surface area contributed by atoms with Gasteiger partial charge in [-0.1, -0.05) is 19.3 Å². The lowest BCUT2D eigenvalue weighted by atomic mass is 9.84. The van der Waals surface area contributed by atoms with Crippen LogP contribution in [0.1, 0.15) is 45.4 Å². The van der Waals surface area contributed by atoms with Crippen LogP contribution in [0.3, 0.4) is 0 Å². The molecule has 1 aromatic carbocycles. The minimum Gasteiger partial charge on any atom is -0.493 e. The first-order valence-electron chi connectivity index (χ1n) is 9.02. The van der Waals surface area contributed by atoms with Crippen LogP contribution in [0.5, 0.6) is 5.75 Å². The van der Waals surface area contributed by atoms with E-state index in [2.05, 4.69) is 12.2 Å². The summed E-state index contributed by atoms with van der Waals surface area (Å²) >= 11 is 0. The number of ether oxygens (including phenoxy) is 1. The van der Waals surface area contributed by atoms with Gasteiger partial charge in [-0.25, -0.2) is 4.79 Å². The van der Waals surface area contributed by atoms with Crippen LogP contribution in [-0.4, -0.2) is 36.5 Å². The van der Waals surface area contributed by atoms with Crippen LogP contribution in [0.25, 0.3) is 0 Å². The number of hydrogen-bond acceptors (Lipinski definition) is 3. The van der Waals surface area contributed by atoms with E-state index in [-0.39, 0.29) is 31.0 Å². The van der Waals surface area contributed by atoms with Gasteiger partial charge in [0.05, 0.1) is 13.0 Å². The van der Waals surface area contributed by atoms with Crippen LogP contribution >= 0.6 is 0 Å². The van der Waals surface area contributed by atoms with Crippen molar-refractivity contribution in [3.63, 3.8) is 0 Å². The van der Waals surface area contributed by atoms with Crippen molar-refractivity contribution in [3.05, 3.63) is 24.3 Å². The molecule has 0 saturated heterocycles. The van der Waals surface area contributed by atoms with E-state index < -0.39 is 0 Å². The second-order valence-electron chi connectivity index (χ2n) is 6.77. The van der Waals surface area contributed by atoms with Gasteiger partial charge >= 0.3 is 6.03 Å². The molecular weight excluding hydrogens is 318 g/mol. The summed E-state index contributed by atoms with van der Waals surface area (Å²) in [6.07, 6.45) is 6.44. The second kappa shape index (κ2) is 9.30. The third-order valence-electron chi connectivity index (χ3n) is 4.99. The number of anilines is 1. The summed E-state index contributed by atoms with van der Waals surface area (Å²) in [5.74, 6) is 0.840. The molecule has 138 valence electrons. The molecule has 2 rings (SSSR count). The maximum Gasteiger partial charge on any atom is 0.321 e. The minimum atomic E-state index is -0.390. The Bertz CT molecular complexity index is 568. The van der Waals surface area contributed by atoms with E-state index in [1.54, 1.807) is 29.2 Å². The smallest absolute Gasteiger partial charge is 0.321 e. The van der Waals surface area contributed by atoms with Crippen molar-refractivity contribution < 1.29 is 14.3 Å². The van der Waals surface area contributed by atoms with Crippen molar-refractivity contribution >= 4 is 17.6 Å². The Kier molecular flexibility index (Phi) is 7.10. The van der Waals surface area contributed by atoms with E-state index in [9.17, 15) is 9.59 Å². The highest BCUT2D eigenvalue weighted by Crippen LogP contribution is 2.28. The molecule has 0 aliphatic heterocycles. The lowest BCUT2D eigenvalue weighted by Gasteiger charge is -2.34. The SMILES string of the molecule is C[C@H](C1CCCCC1)N(C)C(=O)Nc1ccc(OCCC(N)=O)cc1. The van der Waals surface area contributed by atoms with Crippen molar-refractivity contribution in [2.24, 2.45) is 11.7 Å². The first-order valence-corrected chi connectivity index (χ1v) is 9.02. The molecule has 1 saturated carbocycles. The number of hydrogen-bond donors (Lipinski definition) is 2. The van der Waals surface area contributed by atoms with Gasteiger partial charge in [0.25, 0.3) is 0 Å². The van der Waals surface area contributed by atoms with Crippen LogP contribution in [-0.2, 0) is 4.79 Å². The van der Waals surface area contributed by atoms with E-state index in [0.717, 1.165) is 5.69 Å². The molecule has 0 unspecified atom stereocenters.